The van der Waals surface area contributed by atoms with E-state index >= 15 is 0 Å². The zero-order chi connectivity index (χ0) is 38.1. The van der Waals surface area contributed by atoms with E-state index in [9.17, 15) is 37.5 Å². The molecule has 0 radical (unpaired) electrons. The summed E-state index contributed by atoms with van der Waals surface area (Å²) < 4.78 is 42.8. The smallest absolute Gasteiger partial charge is 0.278 e. The number of nitrogens with one attached hydrogen (secondary N) is 5. The molecule has 4 aromatic carbocycles. The van der Waals surface area contributed by atoms with Crippen LogP contribution in [0.25, 0.3) is 5.69 Å². The van der Waals surface area contributed by atoms with E-state index < -0.39 is 46.8 Å². The van der Waals surface area contributed by atoms with Crippen LogP contribution in [0.2, 0.25) is 0 Å². The van der Waals surface area contributed by atoms with Gasteiger partial charge in [-0.15, -0.1) is 0 Å². The lowest BCUT2D eigenvalue weighted by atomic mass is 10.0. The Morgan fingerprint density at radius 1 is 0.722 bits per heavy atom. The van der Waals surface area contributed by atoms with Gasteiger partial charge in [0.2, 0.25) is 0 Å². The molecule has 0 bridgehead atoms. The van der Waals surface area contributed by atoms with Crippen LogP contribution < -0.4 is 21.3 Å². The maximum atomic E-state index is 14.9. The maximum Gasteiger partial charge on any atom is 0.278 e. The Morgan fingerprint density at radius 2 is 1.31 bits per heavy atom. The van der Waals surface area contributed by atoms with Crippen molar-refractivity contribution < 1.29 is 37.5 Å². The number of nitrogens with zero attached hydrogens (tertiary/aromatic N) is 3. The molecule has 6 N–H and O–H groups in total. The number of aromatic amines is 1. The van der Waals surface area contributed by atoms with Crippen LogP contribution in [0.5, 0.6) is 5.75 Å². The highest BCUT2D eigenvalue weighted by Crippen LogP contribution is 2.47. The molecule has 7 rings (SSSR count). The molecule has 1 saturated carbocycles. The number of hydrogen-bond donors (Lipinski definition) is 6. The summed E-state index contributed by atoms with van der Waals surface area (Å²) in [5.74, 6) is -4.82. The summed E-state index contributed by atoms with van der Waals surface area (Å²) in [4.78, 5) is 52.8. The van der Waals surface area contributed by atoms with Crippen molar-refractivity contribution in [3.8, 4) is 11.4 Å². The largest absolute Gasteiger partial charge is 0.507 e. The Morgan fingerprint density at radius 3 is 1.93 bits per heavy atom. The number of anilines is 4. The fourth-order valence-corrected chi connectivity index (χ4v) is 5.74. The molecule has 4 amide bonds. The quantitative estimate of drug-likeness (QED) is 0.0889. The van der Waals surface area contributed by atoms with E-state index in [0.717, 1.165) is 40.9 Å². The number of amides is 4. The zero-order valence-electron chi connectivity index (χ0n) is 28.2. The Balaban J connectivity index is 1.13. The summed E-state index contributed by atoms with van der Waals surface area (Å²) in [5.41, 5.74) is 0.436. The highest BCUT2D eigenvalue weighted by atomic mass is 19.1. The van der Waals surface area contributed by atoms with Crippen LogP contribution in [0.3, 0.4) is 0 Å². The van der Waals surface area contributed by atoms with Gasteiger partial charge in [-0.05, 0) is 96.6 Å². The lowest BCUT2D eigenvalue weighted by Crippen LogP contribution is -2.19. The normalized spacial score (nSPS) is 14.6. The lowest BCUT2D eigenvalue weighted by molar-refractivity contribution is 0.100. The van der Waals surface area contributed by atoms with Crippen molar-refractivity contribution >= 4 is 46.4 Å². The second-order valence-electron chi connectivity index (χ2n) is 12.6. The molecule has 0 saturated heterocycles. The standard InChI is InChI=1S/C38H29F3N8O5/c1-19-14-27(19)20-2-13-29(41)28(15-20)36(52)46-31-18-49(48-34(31)38(54)44-24-9-5-22(40)6-10-24)25-11-12-26(32(50)16-25)35(51)45-30-17-42-47-33(30)37(53)43-23-7-3-21(39)4-8-23/h2-13,15-19,27,50H,14H2,1H3,(H,42,47)(H,43,53)(H,44,54)(H,45,51)(H,46,52). The summed E-state index contributed by atoms with van der Waals surface area (Å²) in [7, 11) is 0. The molecule has 272 valence electrons. The summed E-state index contributed by atoms with van der Waals surface area (Å²) >= 11 is 0. The topological polar surface area (TPSA) is 183 Å². The van der Waals surface area contributed by atoms with Crippen molar-refractivity contribution in [3.05, 3.63) is 143 Å². The first kappa shape index (κ1) is 35.2. The minimum Gasteiger partial charge on any atom is -0.507 e. The van der Waals surface area contributed by atoms with E-state index in [0.29, 0.717) is 5.92 Å². The summed E-state index contributed by atoms with van der Waals surface area (Å²) in [6, 6.07) is 18.1. The molecule has 2 atom stereocenters. The predicted octanol–water partition coefficient (Wildman–Crippen LogP) is 6.85. The van der Waals surface area contributed by atoms with Crippen molar-refractivity contribution in [2.45, 2.75) is 19.3 Å². The molecule has 16 heteroatoms. The molecule has 54 heavy (non-hydrogen) atoms. The third-order valence-corrected chi connectivity index (χ3v) is 8.75. The van der Waals surface area contributed by atoms with Gasteiger partial charge in [0.15, 0.2) is 11.4 Å². The van der Waals surface area contributed by atoms with Crippen molar-refractivity contribution in [1.82, 2.24) is 20.0 Å². The minimum atomic E-state index is -0.835. The average molecular weight is 735 g/mol. The predicted molar refractivity (Wildman–Crippen MR) is 191 cm³/mol. The number of rotatable bonds is 10. The van der Waals surface area contributed by atoms with Crippen molar-refractivity contribution in [3.63, 3.8) is 0 Å². The highest BCUT2D eigenvalue weighted by molar-refractivity contribution is 6.13. The zero-order valence-corrected chi connectivity index (χ0v) is 28.2. The number of aromatic nitrogens is 4. The first-order valence-corrected chi connectivity index (χ1v) is 16.5. The van der Waals surface area contributed by atoms with Crippen LogP contribution in [-0.2, 0) is 0 Å². The molecule has 1 aliphatic carbocycles. The summed E-state index contributed by atoms with van der Waals surface area (Å²) in [6.45, 7) is 2.06. The molecule has 2 unspecified atom stereocenters. The van der Waals surface area contributed by atoms with Gasteiger partial charge in [0.25, 0.3) is 23.6 Å². The van der Waals surface area contributed by atoms with E-state index in [1.54, 1.807) is 6.07 Å². The van der Waals surface area contributed by atoms with E-state index in [4.69, 9.17) is 0 Å². The molecule has 2 aromatic heterocycles. The number of benzene rings is 4. The number of hydrogen-bond acceptors (Lipinski definition) is 7. The van der Waals surface area contributed by atoms with Crippen molar-refractivity contribution in [1.29, 1.82) is 0 Å². The van der Waals surface area contributed by atoms with Gasteiger partial charge in [0.1, 0.15) is 23.2 Å². The molecule has 2 heterocycles. The third kappa shape index (κ3) is 7.52. The Kier molecular flexibility index (Phi) is 9.39. The molecular weight excluding hydrogens is 705 g/mol. The van der Waals surface area contributed by atoms with E-state index in [1.165, 1.54) is 67.0 Å². The molecule has 13 nitrogen and oxygen atoms in total. The van der Waals surface area contributed by atoms with Crippen LogP contribution in [0, 0.1) is 23.4 Å². The van der Waals surface area contributed by atoms with Crippen LogP contribution in [0.4, 0.5) is 35.9 Å². The first-order valence-electron chi connectivity index (χ1n) is 16.5. The monoisotopic (exact) mass is 734 g/mol. The molecular formula is C38H29F3N8O5. The van der Waals surface area contributed by atoms with Gasteiger partial charge in [-0.1, -0.05) is 13.0 Å². The number of carbonyl (C=O) groups excluding carboxylic acids is 4. The highest BCUT2D eigenvalue weighted by Gasteiger charge is 2.35. The van der Waals surface area contributed by atoms with Crippen molar-refractivity contribution in [2.75, 3.05) is 21.3 Å². The summed E-state index contributed by atoms with van der Waals surface area (Å²) in [5, 5.41) is 31.8. The van der Waals surface area contributed by atoms with Gasteiger partial charge >= 0.3 is 0 Å². The number of phenols is 1. The fourth-order valence-electron chi connectivity index (χ4n) is 5.74. The van der Waals surface area contributed by atoms with Crippen LogP contribution in [0.1, 0.15) is 66.5 Å². The lowest BCUT2D eigenvalue weighted by Gasteiger charge is -2.09. The first-order chi connectivity index (χ1) is 25.9. The number of phenolic OH excluding ortho intramolecular Hbond substituents is 1. The molecule has 0 spiro atoms. The molecule has 1 fully saturated rings. The SMILES string of the molecule is CC1CC1c1ccc(F)c(C(=O)Nc2cn(-c3ccc(C(=O)Nc4c[nH]nc4C(=O)Nc4ccc(F)cc4)c(O)c3)nc2C(=O)Nc2ccc(F)cc2)c1. The van der Waals surface area contributed by atoms with E-state index in [-0.39, 0.29) is 56.9 Å². The molecule has 1 aliphatic rings. The maximum absolute atomic E-state index is 14.9. The Bertz CT molecular complexity index is 2430. The minimum absolute atomic E-state index is 0.0130. The van der Waals surface area contributed by atoms with E-state index in [1.807, 2.05) is 0 Å². The van der Waals surface area contributed by atoms with Crippen LogP contribution in [-0.4, -0.2) is 48.7 Å². The van der Waals surface area contributed by atoms with Gasteiger partial charge in [0.05, 0.1) is 34.4 Å². The van der Waals surface area contributed by atoms with Gasteiger partial charge in [-0.25, -0.2) is 17.9 Å². The molecule has 0 aliphatic heterocycles. The van der Waals surface area contributed by atoms with Crippen LogP contribution >= 0.6 is 0 Å². The van der Waals surface area contributed by atoms with Gasteiger partial charge in [-0.3, -0.25) is 24.3 Å². The second-order valence-corrected chi connectivity index (χ2v) is 12.6. The van der Waals surface area contributed by atoms with E-state index in [2.05, 4.69) is 43.5 Å². The van der Waals surface area contributed by atoms with Crippen LogP contribution in [0.15, 0.2) is 97.3 Å². The van der Waals surface area contributed by atoms with Crippen molar-refractivity contribution in [2.24, 2.45) is 5.92 Å². The second kappa shape index (κ2) is 14.4. The number of carbonyl (C=O) groups is 4. The molecule has 6 aromatic rings. The number of halogens is 3. The summed E-state index contributed by atoms with van der Waals surface area (Å²) in [6.07, 6.45) is 3.45. The fraction of sp³-hybridized carbons (Fsp3) is 0.105. The third-order valence-electron chi connectivity index (χ3n) is 8.75. The van der Waals surface area contributed by atoms with Gasteiger partial charge in [-0.2, -0.15) is 10.2 Å². The van der Waals surface area contributed by atoms with Gasteiger partial charge in [0, 0.05) is 23.6 Å². The average Bonchev–Trinajstić information content (AvgIpc) is 3.48. The van der Waals surface area contributed by atoms with Gasteiger partial charge < -0.3 is 26.4 Å². The number of aromatic hydroxyl groups is 1. The Hall–Kier alpha value is -7.23. The Labute approximate surface area is 304 Å². The number of H-pyrrole nitrogens is 1.